The van der Waals surface area contributed by atoms with E-state index in [4.69, 9.17) is 11.6 Å². The second-order valence-electron chi connectivity index (χ2n) is 8.24. The van der Waals surface area contributed by atoms with Crippen LogP contribution in [-0.4, -0.2) is 42.0 Å². The number of carbonyl (C=O) groups excluding carboxylic acids is 1. The highest BCUT2D eigenvalue weighted by molar-refractivity contribution is 6.32. The largest absolute Gasteiger partial charge is 0.331 e. The van der Waals surface area contributed by atoms with Gasteiger partial charge >= 0.3 is 6.03 Å². The van der Waals surface area contributed by atoms with Crippen LogP contribution >= 0.6 is 11.6 Å². The zero-order valence-corrected chi connectivity index (χ0v) is 18.7. The average molecular weight is 414 g/mol. The molecular weight excluding hydrogens is 382 g/mol. The zero-order chi connectivity index (χ0) is 21.0. The van der Waals surface area contributed by atoms with Gasteiger partial charge in [0, 0.05) is 17.6 Å². The molecule has 0 bridgehead atoms. The summed E-state index contributed by atoms with van der Waals surface area (Å²) in [6.07, 6.45) is 1.99. The molecule has 1 heterocycles. The zero-order valence-electron chi connectivity index (χ0n) is 17.9. The maximum absolute atomic E-state index is 13.4. The summed E-state index contributed by atoms with van der Waals surface area (Å²) in [5, 5.41) is 3.93. The van der Waals surface area contributed by atoms with Crippen LogP contribution in [0.5, 0.6) is 0 Å². The number of hydrogen-bond donors (Lipinski definition) is 1. The SMILES string of the molecule is Cc1ccccc1CN(C(=O)NC(C)c1cccc(C)c1Cl)C1CCN(C)CC1. The van der Waals surface area contributed by atoms with E-state index in [1.807, 2.05) is 49.1 Å². The molecule has 0 spiro atoms. The summed E-state index contributed by atoms with van der Waals surface area (Å²) in [5.41, 5.74) is 4.40. The fraction of sp³-hybridized carbons (Fsp3) is 0.458. The Labute approximate surface area is 179 Å². The Morgan fingerprint density at radius 2 is 1.79 bits per heavy atom. The number of carbonyl (C=O) groups is 1. The molecule has 2 aromatic rings. The summed E-state index contributed by atoms with van der Waals surface area (Å²) in [4.78, 5) is 17.7. The van der Waals surface area contributed by atoms with Gasteiger partial charge in [-0.15, -0.1) is 0 Å². The predicted octanol–water partition coefficient (Wildman–Crippen LogP) is 5.32. The Bertz CT molecular complexity index is 846. The topological polar surface area (TPSA) is 35.6 Å². The normalized spacial score (nSPS) is 16.4. The van der Waals surface area contributed by atoms with Gasteiger partial charge in [-0.3, -0.25) is 0 Å². The highest BCUT2D eigenvalue weighted by Crippen LogP contribution is 2.27. The summed E-state index contributed by atoms with van der Waals surface area (Å²) in [6.45, 7) is 8.75. The minimum Gasteiger partial charge on any atom is -0.331 e. The molecule has 1 aliphatic heterocycles. The number of halogens is 1. The minimum absolute atomic E-state index is 0.0205. The molecule has 1 saturated heterocycles. The number of likely N-dealkylation sites (tertiary alicyclic amines) is 1. The smallest absolute Gasteiger partial charge is 0.318 e. The third kappa shape index (κ3) is 5.31. The van der Waals surface area contributed by atoms with Gasteiger partial charge in [-0.05, 0) is 76.0 Å². The molecule has 4 nitrogen and oxygen atoms in total. The van der Waals surface area contributed by atoms with Gasteiger partial charge in [0.2, 0.25) is 0 Å². The van der Waals surface area contributed by atoms with Gasteiger partial charge in [0.05, 0.1) is 6.04 Å². The van der Waals surface area contributed by atoms with Gasteiger partial charge in [-0.2, -0.15) is 0 Å². The van der Waals surface area contributed by atoms with Crippen molar-refractivity contribution in [1.82, 2.24) is 15.1 Å². The molecule has 3 rings (SSSR count). The number of amides is 2. The molecule has 0 aliphatic carbocycles. The first-order valence-corrected chi connectivity index (χ1v) is 10.8. The van der Waals surface area contributed by atoms with E-state index in [-0.39, 0.29) is 18.1 Å². The van der Waals surface area contributed by atoms with Crippen LogP contribution in [0.4, 0.5) is 4.79 Å². The van der Waals surface area contributed by atoms with E-state index in [1.54, 1.807) is 0 Å². The maximum Gasteiger partial charge on any atom is 0.318 e. The van der Waals surface area contributed by atoms with Crippen LogP contribution in [0.2, 0.25) is 5.02 Å². The number of rotatable bonds is 5. The van der Waals surface area contributed by atoms with Crippen LogP contribution in [0.3, 0.4) is 0 Å². The molecule has 1 fully saturated rings. The van der Waals surface area contributed by atoms with Crippen molar-refractivity contribution in [3.8, 4) is 0 Å². The maximum atomic E-state index is 13.4. The number of aryl methyl sites for hydroxylation is 2. The number of benzene rings is 2. The number of urea groups is 1. The lowest BCUT2D eigenvalue weighted by Gasteiger charge is -2.38. The average Bonchev–Trinajstić information content (AvgIpc) is 2.70. The number of nitrogens with zero attached hydrogens (tertiary/aromatic N) is 2. The lowest BCUT2D eigenvalue weighted by atomic mass is 10.0. The first-order chi connectivity index (χ1) is 13.9. The summed E-state index contributed by atoms with van der Waals surface area (Å²) in [6, 6.07) is 14.3. The fourth-order valence-electron chi connectivity index (χ4n) is 3.99. The Morgan fingerprint density at radius 1 is 1.14 bits per heavy atom. The second-order valence-corrected chi connectivity index (χ2v) is 8.62. The van der Waals surface area contributed by atoms with Gasteiger partial charge in [-0.25, -0.2) is 4.79 Å². The highest BCUT2D eigenvalue weighted by atomic mass is 35.5. The van der Waals surface area contributed by atoms with Crippen LogP contribution in [0.25, 0.3) is 0 Å². The number of nitrogens with one attached hydrogen (secondary N) is 1. The molecule has 29 heavy (non-hydrogen) atoms. The molecule has 1 N–H and O–H groups in total. The van der Waals surface area contributed by atoms with Crippen molar-refractivity contribution in [2.24, 2.45) is 0 Å². The highest BCUT2D eigenvalue weighted by Gasteiger charge is 2.28. The molecular formula is C24H32ClN3O. The van der Waals surface area contributed by atoms with E-state index in [0.717, 1.165) is 42.1 Å². The van der Waals surface area contributed by atoms with Gasteiger partial charge in [-0.1, -0.05) is 54.1 Å². The minimum atomic E-state index is -0.152. The van der Waals surface area contributed by atoms with Crippen LogP contribution in [0.15, 0.2) is 42.5 Å². The van der Waals surface area contributed by atoms with Crippen LogP contribution < -0.4 is 5.32 Å². The van der Waals surface area contributed by atoms with Gasteiger partial charge in [0.15, 0.2) is 0 Å². The van der Waals surface area contributed by atoms with E-state index in [1.165, 1.54) is 11.1 Å². The first kappa shape index (κ1) is 21.7. The standard InChI is InChI=1S/C24H32ClN3O/c1-17-8-5-6-10-20(17)16-28(21-12-14-27(4)15-13-21)24(29)26-19(3)22-11-7-9-18(2)23(22)25/h5-11,19,21H,12-16H2,1-4H3,(H,26,29). The Balaban J connectivity index is 1.79. The lowest BCUT2D eigenvalue weighted by Crippen LogP contribution is -2.50. The molecule has 0 radical (unpaired) electrons. The van der Waals surface area contributed by atoms with E-state index in [0.29, 0.717) is 6.54 Å². The monoisotopic (exact) mass is 413 g/mol. The molecule has 156 valence electrons. The summed E-state index contributed by atoms with van der Waals surface area (Å²) in [7, 11) is 2.14. The van der Waals surface area contributed by atoms with Crippen molar-refractivity contribution in [2.45, 2.75) is 52.2 Å². The van der Waals surface area contributed by atoms with Crippen LogP contribution in [0, 0.1) is 13.8 Å². The van der Waals surface area contributed by atoms with Crippen molar-refractivity contribution < 1.29 is 4.79 Å². The quantitative estimate of drug-likeness (QED) is 0.719. The van der Waals surface area contributed by atoms with Crippen molar-refractivity contribution >= 4 is 17.6 Å². The van der Waals surface area contributed by atoms with E-state index >= 15 is 0 Å². The summed E-state index contributed by atoms with van der Waals surface area (Å²) in [5.74, 6) is 0. The van der Waals surface area contributed by atoms with Gasteiger partial charge < -0.3 is 15.1 Å². The molecule has 0 aromatic heterocycles. The van der Waals surface area contributed by atoms with Gasteiger partial charge in [0.25, 0.3) is 0 Å². The Morgan fingerprint density at radius 3 is 2.48 bits per heavy atom. The molecule has 1 aliphatic rings. The van der Waals surface area contributed by atoms with Gasteiger partial charge in [0.1, 0.15) is 0 Å². The van der Waals surface area contributed by atoms with E-state index in [2.05, 4.69) is 36.3 Å². The third-order valence-electron chi connectivity index (χ3n) is 6.02. The van der Waals surface area contributed by atoms with Crippen molar-refractivity contribution in [1.29, 1.82) is 0 Å². The van der Waals surface area contributed by atoms with Crippen molar-refractivity contribution in [3.05, 3.63) is 69.7 Å². The Kier molecular flexibility index (Phi) is 7.20. The number of piperidine rings is 1. The molecule has 1 unspecified atom stereocenters. The first-order valence-electron chi connectivity index (χ1n) is 10.4. The molecule has 0 saturated carbocycles. The molecule has 2 aromatic carbocycles. The Hall–Kier alpha value is -2.04. The van der Waals surface area contributed by atoms with Crippen LogP contribution in [0.1, 0.15) is 48.1 Å². The second kappa shape index (κ2) is 9.64. The van der Waals surface area contributed by atoms with Crippen molar-refractivity contribution in [2.75, 3.05) is 20.1 Å². The van der Waals surface area contributed by atoms with E-state index < -0.39 is 0 Å². The third-order valence-corrected chi connectivity index (χ3v) is 6.54. The number of hydrogen-bond acceptors (Lipinski definition) is 2. The van der Waals surface area contributed by atoms with E-state index in [9.17, 15) is 4.79 Å². The van der Waals surface area contributed by atoms with Crippen LogP contribution in [-0.2, 0) is 6.54 Å². The summed E-state index contributed by atoms with van der Waals surface area (Å²) >= 11 is 6.50. The summed E-state index contributed by atoms with van der Waals surface area (Å²) < 4.78 is 0. The lowest BCUT2D eigenvalue weighted by molar-refractivity contribution is 0.125. The predicted molar refractivity (Wildman–Crippen MR) is 120 cm³/mol. The van der Waals surface area contributed by atoms with Crippen molar-refractivity contribution in [3.63, 3.8) is 0 Å². The molecule has 5 heteroatoms. The molecule has 2 amide bonds. The fourth-order valence-corrected chi connectivity index (χ4v) is 4.28. The molecule has 1 atom stereocenters.